The predicted octanol–water partition coefficient (Wildman–Crippen LogP) is 1.03. The van der Waals surface area contributed by atoms with Gasteiger partial charge in [-0.05, 0) is 0 Å². The van der Waals surface area contributed by atoms with Gasteiger partial charge in [0.1, 0.15) is 47.1 Å². The van der Waals surface area contributed by atoms with E-state index in [-0.39, 0.29) is 28.9 Å². The standard InChI is InChI=1S/C20H18O8/c21-10-6-11(22)16(20-18(26)17(25)13(24)8-27-20)19-15(10)12(23)7-14(28-19)9-4-2-1-3-5-9/h1-7,13,17-18,20-22,24-26H,8H2. The summed E-state index contributed by atoms with van der Waals surface area (Å²) in [5, 5.41) is 50.4. The second-order valence-corrected chi connectivity index (χ2v) is 6.68. The fourth-order valence-corrected chi connectivity index (χ4v) is 3.40. The first-order chi connectivity index (χ1) is 13.4. The van der Waals surface area contributed by atoms with E-state index in [1.54, 1.807) is 30.3 Å². The number of aromatic hydroxyl groups is 2. The summed E-state index contributed by atoms with van der Waals surface area (Å²) in [5.74, 6) is -0.781. The number of aliphatic hydroxyl groups is 3. The Morgan fingerprint density at radius 2 is 1.64 bits per heavy atom. The van der Waals surface area contributed by atoms with Gasteiger partial charge in [0.2, 0.25) is 0 Å². The molecule has 0 amide bonds. The number of phenols is 2. The Labute approximate surface area is 158 Å². The molecule has 4 unspecified atom stereocenters. The van der Waals surface area contributed by atoms with Crippen molar-refractivity contribution in [1.29, 1.82) is 0 Å². The van der Waals surface area contributed by atoms with Crippen molar-refractivity contribution in [1.82, 2.24) is 0 Å². The molecule has 1 saturated heterocycles. The number of fused-ring (bicyclic) bond motifs is 1. The van der Waals surface area contributed by atoms with E-state index in [1.165, 1.54) is 6.07 Å². The maximum absolute atomic E-state index is 12.6. The molecule has 0 radical (unpaired) electrons. The van der Waals surface area contributed by atoms with Crippen molar-refractivity contribution < 1.29 is 34.7 Å². The second-order valence-electron chi connectivity index (χ2n) is 6.68. The van der Waals surface area contributed by atoms with E-state index >= 15 is 0 Å². The summed E-state index contributed by atoms with van der Waals surface area (Å²) in [6.45, 7) is -0.298. The topological polar surface area (TPSA) is 141 Å². The van der Waals surface area contributed by atoms with Crippen LogP contribution in [0.2, 0.25) is 0 Å². The summed E-state index contributed by atoms with van der Waals surface area (Å²) in [5.41, 5.74) is -0.224. The average molecular weight is 386 g/mol. The highest BCUT2D eigenvalue weighted by molar-refractivity contribution is 5.89. The third kappa shape index (κ3) is 2.92. The first-order valence-corrected chi connectivity index (χ1v) is 8.62. The van der Waals surface area contributed by atoms with Gasteiger partial charge in [0.15, 0.2) is 11.0 Å². The monoisotopic (exact) mass is 386 g/mol. The van der Waals surface area contributed by atoms with E-state index in [4.69, 9.17) is 9.15 Å². The Balaban J connectivity index is 1.98. The van der Waals surface area contributed by atoms with Crippen molar-refractivity contribution in [2.24, 2.45) is 0 Å². The molecule has 0 spiro atoms. The number of rotatable bonds is 2. The van der Waals surface area contributed by atoms with E-state index in [9.17, 15) is 30.3 Å². The number of ether oxygens (including phenoxy) is 1. The Bertz CT molecular complexity index is 1070. The molecule has 0 bridgehead atoms. The third-order valence-electron chi connectivity index (χ3n) is 4.84. The summed E-state index contributed by atoms with van der Waals surface area (Å²) >= 11 is 0. The number of phenolic OH excluding ortho intramolecular Hbond substituents is 2. The highest BCUT2D eigenvalue weighted by Gasteiger charge is 2.41. The summed E-state index contributed by atoms with van der Waals surface area (Å²) < 4.78 is 11.2. The molecule has 0 aliphatic carbocycles. The van der Waals surface area contributed by atoms with Crippen molar-refractivity contribution in [3.05, 3.63) is 58.3 Å². The Hall–Kier alpha value is -2.91. The summed E-state index contributed by atoms with van der Waals surface area (Å²) in [4.78, 5) is 12.6. The SMILES string of the molecule is O=c1cc(-c2ccccc2)oc2c(C3OCC(O)C(O)C3O)c(O)cc(O)c12. The van der Waals surface area contributed by atoms with Crippen LogP contribution in [0.15, 0.2) is 51.7 Å². The van der Waals surface area contributed by atoms with Crippen molar-refractivity contribution in [3.8, 4) is 22.8 Å². The fourth-order valence-electron chi connectivity index (χ4n) is 3.40. The zero-order valence-corrected chi connectivity index (χ0v) is 14.5. The summed E-state index contributed by atoms with van der Waals surface area (Å²) in [6.07, 6.45) is -5.70. The molecule has 1 aromatic heterocycles. The first kappa shape index (κ1) is 18.5. The van der Waals surface area contributed by atoms with Crippen LogP contribution in [-0.4, -0.2) is 50.5 Å². The minimum absolute atomic E-state index is 0.0962. The molecule has 8 heteroatoms. The van der Waals surface area contributed by atoms with E-state index in [1.807, 2.05) is 0 Å². The zero-order chi connectivity index (χ0) is 20.0. The lowest BCUT2D eigenvalue weighted by Crippen LogP contribution is -2.49. The van der Waals surface area contributed by atoms with Crippen molar-refractivity contribution in [2.75, 3.05) is 6.61 Å². The van der Waals surface area contributed by atoms with Crippen LogP contribution in [0.1, 0.15) is 11.7 Å². The molecule has 4 rings (SSSR count). The molecular formula is C20H18O8. The van der Waals surface area contributed by atoms with Crippen LogP contribution >= 0.6 is 0 Å². The Morgan fingerprint density at radius 3 is 2.36 bits per heavy atom. The normalized spacial score (nSPS) is 25.1. The molecule has 2 aromatic carbocycles. The van der Waals surface area contributed by atoms with Crippen LogP contribution in [0.25, 0.3) is 22.3 Å². The van der Waals surface area contributed by atoms with Crippen molar-refractivity contribution >= 4 is 11.0 Å². The lowest BCUT2D eigenvalue weighted by atomic mass is 9.92. The van der Waals surface area contributed by atoms with Gasteiger partial charge in [-0.3, -0.25) is 4.79 Å². The molecular weight excluding hydrogens is 368 g/mol. The van der Waals surface area contributed by atoms with Gasteiger partial charge in [0.05, 0.1) is 12.2 Å². The summed E-state index contributed by atoms with van der Waals surface area (Å²) in [6, 6.07) is 10.9. The second kappa shape index (κ2) is 6.92. The third-order valence-corrected chi connectivity index (χ3v) is 4.84. The maximum Gasteiger partial charge on any atom is 0.197 e. The van der Waals surface area contributed by atoms with Gasteiger partial charge >= 0.3 is 0 Å². The van der Waals surface area contributed by atoms with Gasteiger partial charge in [-0.25, -0.2) is 0 Å². The molecule has 3 aromatic rings. The minimum Gasteiger partial charge on any atom is -0.507 e. The molecule has 4 atom stereocenters. The lowest BCUT2D eigenvalue weighted by molar-refractivity contribution is -0.189. The molecule has 1 fully saturated rings. The van der Waals surface area contributed by atoms with Crippen LogP contribution in [-0.2, 0) is 4.74 Å². The Morgan fingerprint density at radius 1 is 0.929 bits per heavy atom. The van der Waals surface area contributed by atoms with E-state index < -0.39 is 41.3 Å². The molecule has 146 valence electrons. The number of hydrogen-bond donors (Lipinski definition) is 5. The first-order valence-electron chi connectivity index (χ1n) is 8.62. The highest BCUT2D eigenvalue weighted by atomic mass is 16.5. The zero-order valence-electron chi connectivity index (χ0n) is 14.5. The fraction of sp³-hybridized carbons (Fsp3) is 0.250. The van der Waals surface area contributed by atoms with Crippen LogP contribution in [0.3, 0.4) is 0 Å². The predicted molar refractivity (Wildman–Crippen MR) is 98.0 cm³/mol. The van der Waals surface area contributed by atoms with E-state index in [0.717, 1.165) is 6.07 Å². The van der Waals surface area contributed by atoms with Gasteiger partial charge in [-0.2, -0.15) is 0 Å². The van der Waals surface area contributed by atoms with Gasteiger partial charge in [-0.15, -0.1) is 0 Å². The number of hydrogen-bond acceptors (Lipinski definition) is 8. The molecule has 1 aliphatic heterocycles. The van der Waals surface area contributed by atoms with Gasteiger partial charge in [0.25, 0.3) is 0 Å². The lowest BCUT2D eigenvalue weighted by Gasteiger charge is -2.35. The largest absolute Gasteiger partial charge is 0.507 e. The highest BCUT2D eigenvalue weighted by Crippen LogP contribution is 2.42. The van der Waals surface area contributed by atoms with Gasteiger partial charge in [0, 0.05) is 17.7 Å². The minimum atomic E-state index is -1.59. The van der Waals surface area contributed by atoms with E-state index in [0.29, 0.717) is 5.56 Å². The quantitative estimate of drug-likeness (QED) is 0.440. The van der Waals surface area contributed by atoms with Crippen LogP contribution < -0.4 is 5.43 Å². The van der Waals surface area contributed by atoms with Gasteiger partial charge < -0.3 is 34.7 Å². The van der Waals surface area contributed by atoms with Crippen molar-refractivity contribution in [3.63, 3.8) is 0 Å². The molecule has 2 heterocycles. The average Bonchev–Trinajstić information content (AvgIpc) is 2.67. The number of aliphatic hydroxyl groups excluding tert-OH is 3. The molecule has 28 heavy (non-hydrogen) atoms. The summed E-state index contributed by atoms with van der Waals surface area (Å²) in [7, 11) is 0. The molecule has 1 aliphatic rings. The van der Waals surface area contributed by atoms with Crippen LogP contribution in [0, 0.1) is 0 Å². The van der Waals surface area contributed by atoms with E-state index in [2.05, 4.69) is 0 Å². The Kier molecular flexibility index (Phi) is 4.56. The van der Waals surface area contributed by atoms with Crippen LogP contribution in [0.5, 0.6) is 11.5 Å². The molecule has 8 nitrogen and oxygen atoms in total. The van der Waals surface area contributed by atoms with Gasteiger partial charge in [-0.1, -0.05) is 30.3 Å². The smallest absolute Gasteiger partial charge is 0.197 e. The maximum atomic E-state index is 12.6. The van der Waals surface area contributed by atoms with Crippen LogP contribution in [0.4, 0.5) is 0 Å². The number of benzene rings is 2. The molecule has 5 N–H and O–H groups in total. The van der Waals surface area contributed by atoms with Crippen molar-refractivity contribution in [2.45, 2.75) is 24.4 Å². The molecule has 0 saturated carbocycles.